The standard InChI is InChI=1S/C23H23F3N2O3/c1-22(2)13-19(29)16-11-14(5-8-20(16)31-22)21(30)27-17-12-15(23(24,25)26)6-7-18(17)28-9-3-4-10-28/h5-8,11-12H,3-4,9-10,13H2,1-2H3,(H,27,30). The Morgan fingerprint density at radius 2 is 1.81 bits per heavy atom. The number of amides is 1. The molecule has 1 amide bonds. The number of ether oxygens (including phenoxy) is 1. The molecule has 0 radical (unpaired) electrons. The zero-order chi connectivity index (χ0) is 22.4. The molecule has 5 nitrogen and oxygen atoms in total. The van der Waals surface area contributed by atoms with Crippen molar-refractivity contribution in [3.05, 3.63) is 53.1 Å². The molecule has 2 aliphatic rings. The first-order chi connectivity index (χ1) is 14.5. The fourth-order valence-electron chi connectivity index (χ4n) is 4.03. The summed E-state index contributed by atoms with van der Waals surface area (Å²) in [6.45, 7) is 5.05. The van der Waals surface area contributed by atoms with Crippen LogP contribution in [-0.2, 0) is 6.18 Å². The van der Waals surface area contributed by atoms with Crippen molar-refractivity contribution in [2.45, 2.75) is 44.9 Å². The van der Waals surface area contributed by atoms with Gasteiger partial charge in [-0.05, 0) is 63.1 Å². The van der Waals surface area contributed by atoms with Crippen molar-refractivity contribution in [3.8, 4) is 5.75 Å². The number of carbonyl (C=O) groups excluding carboxylic acids is 2. The minimum absolute atomic E-state index is 0.100. The molecule has 2 heterocycles. The van der Waals surface area contributed by atoms with Gasteiger partial charge < -0.3 is 15.0 Å². The maximum atomic E-state index is 13.3. The van der Waals surface area contributed by atoms with Gasteiger partial charge in [-0.3, -0.25) is 9.59 Å². The fourth-order valence-corrected chi connectivity index (χ4v) is 4.03. The van der Waals surface area contributed by atoms with E-state index in [-0.39, 0.29) is 23.5 Å². The summed E-state index contributed by atoms with van der Waals surface area (Å²) in [7, 11) is 0. The molecule has 0 saturated carbocycles. The molecule has 2 aromatic rings. The lowest BCUT2D eigenvalue weighted by Gasteiger charge is -2.31. The molecule has 0 aromatic heterocycles. The molecule has 0 aliphatic carbocycles. The van der Waals surface area contributed by atoms with Crippen LogP contribution in [0.15, 0.2) is 36.4 Å². The first kappa shape index (κ1) is 21.2. The van der Waals surface area contributed by atoms with Gasteiger partial charge in [0.2, 0.25) is 0 Å². The number of nitrogens with one attached hydrogen (secondary N) is 1. The Labute approximate surface area is 178 Å². The number of alkyl halides is 3. The topological polar surface area (TPSA) is 58.6 Å². The highest BCUT2D eigenvalue weighted by molar-refractivity contribution is 6.09. The molecule has 1 N–H and O–H groups in total. The minimum Gasteiger partial charge on any atom is -0.487 e. The molecule has 2 aliphatic heterocycles. The predicted molar refractivity (Wildman–Crippen MR) is 111 cm³/mol. The Morgan fingerprint density at radius 1 is 1.10 bits per heavy atom. The van der Waals surface area contributed by atoms with E-state index in [9.17, 15) is 22.8 Å². The van der Waals surface area contributed by atoms with Gasteiger partial charge in [-0.2, -0.15) is 13.2 Å². The van der Waals surface area contributed by atoms with Crippen molar-refractivity contribution >= 4 is 23.1 Å². The summed E-state index contributed by atoms with van der Waals surface area (Å²) in [5.41, 5.74) is -0.324. The van der Waals surface area contributed by atoms with Crippen molar-refractivity contribution in [1.29, 1.82) is 0 Å². The average molecular weight is 432 g/mol. The summed E-state index contributed by atoms with van der Waals surface area (Å²) >= 11 is 0. The summed E-state index contributed by atoms with van der Waals surface area (Å²) in [5, 5.41) is 2.62. The fraction of sp³-hybridized carbons (Fsp3) is 0.391. The van der Waals surface area contributed by atoms with Gasteiger partial charge in [0.05, 0.1) is 28.9 Å². The second kappa shape index (κ2) is 7.59. The van der Waals surface area contributed by atoms with E-state index in [4.69, 9.17) is 4.74 Å². The SMILES string of the molecule is CC1(C)CC(=O)c2cc(C(=O)Nc3cc(C(F)(F)F)ccc3N3CCCC3)ccc2O1. The van der Waals surface area contributed by atoms with Crippen LogP contribution in [0.1, 0.15) is 59.4 Å². The highest BCUT2D eigenvalue weighted by Gasteiger charge is 2.34. The van der Waals surface area contributed by atoms with Crippen LogP contribution in [0.2, 0.25) is 0 Å². The number of halogens is 3. The Kier molecular flexibility index (Phi) is 5.19. The van der Waals surface area contributed by atoms with Crippen molar-refractivity contribution < 1.29 is 27.5 Å². The lowest BCUT2D eigenvalue weighted by molar-refractivity contribution is -0.137. The Balaban J connectivity index is 1.65. The van der Waals surface area contributed by atoms with Crippen molar-refractivity contribution in [2.75, 3.05) is 23.3 Å². The van der Waals surface area contributed by atoms with E-state index in [0.717, 1.165) is 25.0 Å². The smallest absolute Gasteiger partial charge is 0.416 e. The van der Waals surface area contributed by atoms with Crippen LogP contribution in [0.5, 0.6) is 5.75 Å². The number of rotatable bonds is 3. The predicted octanol–water partition coefficient (Wildman–Crippen LogP) is 5.30. The molecule has 0 spiro atoms. The van der Waals surface area contributed by atoms with Gasteiger partial charge in [0.25, 0.3) is 5.91 Å². The lowest BCUT2D eigenvalue weighted by atomic mass is 9.92. The second-order valence-corrected chi connectivity index (χ2v) is 8.55. The van der Waals surface area contributed by atoms with Gasteiger partial charge >= 0.3 is 6.18 Å². The number of anilines is 2. The maximum Gasteiger partial charge on any atom is 0.416 e. The van der Waals surface area contributed by atoms with Crippen LogP contribution in [0.4, 0.5) is 24.5 Å². The molecule has 0 unspecified atom stereocenters. The summed E-state index contributed by atoms with van der Waals surface area (Å²) in [4.78, 5) is 27.3. The van der Waals surface area contributed by atoms with Gasteiger partial charge in [-0.25, -0.2) is 0 Å². The first-order valence-corrected chi connectivity index (χ1v) is 10.2. The quantitative estimate of drug-likeness (QED) is 0.715. The number of carbonyl (C=O) groups is 2. The van der Waals surface area contributed by atoms with Gasteiger partial charge in [0.1, 0.15) is 11.4 Å². The molecule has 0 bridgehead atoms. The minimum atomic E-state index is -4.52. The number of Topliss-reactive ketones (excluding diaryl/α,β-unsaturated/α-hetero) is 1. The van der Waals surface area contributed by atoms with E-state index in [0.29, 0.717) is 30.1 Å². The third-order valence-corrected chi connectivity index (χ3v) is 5.53. The zero-order valence-corrected chi connectivity index (χ0v) is 17.3. The Morgan fingerprint density at radius 3 is 2.48 bits per heavy atom. The van der Waals surface area contributed by atoms with Crippen molar-refractivity contribution in [2.24, 2.45) is 0 Å². The van der Waals surface area contributed by atoms with E-state index in [1.807, 2.05) is 18.7 Å². The number of ketones is 1. The van der Waals surface area contributed by atoms with Crippen LogP contribution < -0.4 is 15.0 Å². The van der Waals surface area contributed by atoms with E-state index in [2.05, 4.69) is 5.32 Å². The molecular weight excluding hydrogens is 409 g/mol. The summed E-state index contributed by atoms with van der Waals surface area (Å²) in [6.07, 6.45) is -2.46. The Hall–Kier alpha value is -3.03. The summed E-state index contributed by atoms with van der Waals surface area (Å²) < 4.78 is 45.6. The molecule has 8 heteroatoms. The van der Waals surface area contributed by atoms with Crippen LogP contribution in [0.25, 0.3) is 0 Å². The lowest BCUT2D eigenvalue weighted by Crippen LogP contribution is -2.36. The first-order valence-electron chi connectivity index (χ1n) is 10.2. The third kappa shape index (κ3) is 4.38. The van der Waals surface area contributed by atoms with E-state index in [1.165, 1.54) is 18.2 Å². The van der Waals surface area contributed by atoms with Gasteiger partial charge in [-0.1, -0.05) is 0 Å². The number of benzene rings is 2. The monoisotopic (exact) mass is 432 g/mol. The van der Waals surface area contributed by atoms with Crippen molar-refractivity contribution in [3.63, 3.8) is 0 Å². The molecule has 164 valence electrons. The molecular formula is C23H23F3N2O3. The maximum absolute atomic E-state index is 13.3. The highest BCUT2D eigenvalue weighted by atomic mass is 19.4. The number of hydrogen-bond acceptors (Lipinski definition) is 4. The number of fused-ring (bicyclic) bond motifs is 1. The number of hydrogen-bond donors (Lipinski definition) is 1. The van der Waals surface area contributed by atoms with E-state index >= 15 is 0 Å². The normalized spacial score (nSPS) is 17.8. The summed E-state index contributed by atoms with van der Waals surface area (Å²) in [5.74, 6) is -0.326. The zero-order valence-electron chi connectivity index (χ0n) is 17.3. The second-order valence-electron chi connectivity index (χ2n) is 8.55. The highest BCUT2D eigenvalue weighted by Crippen LogP contribution is 2.37. The van der Waals surface area contributed by atoms with Crippen molar-refractivity contribution in [1.82, 2.24) is 0 Å². The van der Waals surface area contributed by atoms with Crippen LogP contribution in [-0.4, -0.2) is 30.4 Å². The molecule has 4 rings (SSSR count). The third-order valence-electron chi connectivity index (χ3n) is 5.53. The van der Waals surface area contributed by atoms with Crippen LogP contribution in [0.3, 0.4) is 0 Å². The van der Waals surface area contributed by atoms with Crippen LogP contribution >= 0.6 is 0 Å². The molecule has 31 heavy (non-hydrogen) atoms. The Bertz CT molecular complexity index is 1040. The summed E-state index contributed by atoms with van der Waals surface area (Å²) in [6, 6.07) is 7.88. The molecule has 0 atom stereocenters. The van der Waals surface area contributed by atoms with E-state index in [1.54, 1.807) is 6.07 Å². The number of nitrogens with zero attached hydrogens (tertiary/aromatic N) is 1. The molecule has 1 saturated heterocycles. The van der Waals surface area contributed by atoms with Gasteiger partial charge in [0, 0.05) is 18.7 Å². The van der Waals surface area contributed by atoms with Gasteiger partial charge in [-0.15, -0.1) is 0 Å². The molecule has 1 fully saturated rings. The molecule has 2 aromatic carbocycles. The van der Waals surface area contributed by atoms with E-state index < -0.39 is 23.2 Å². The van der Waals surface area contributed by atoms with Crippen LogP contribution in [0, 0.1) is 0 Å². The largest absolute Gasteiger partial charge is 0.487 e. The average Bonchev–Trinajstić information content (AvgIpc) is 3.20. The van der Waals surface area contributed by atoms with Gasteiger partial charge in [0.15, 0.2) is 5.78 Å².